The molecule has 334 valence electrons. The first-order chi connectivity index (χ1) is 28.2. The van der Waals surface area contributed by atoms with Gasteiger partial charge in [-0.2, -0.15) is 4.98 Å². The number of aryl methyl sites for hydroxylation is 1. The Hall–Kier alpha value is -3.71. The zero-order valence-electron chi connectivity index (χ0n) is 36.6. The number of nitrogens with one attached hydrogen (secondary N) is 2. The number of nitrogens with zero attached hydrogens (tertiary/aromatic N) is 4. The first kappa shape index (κ1) is 47.3. The number of aromatic nitrogens is 2. The lowest BCUT2D eigenvalue weighted by Crippen LogP contribution is -2.61. The molecule has 0 spiro atoms. The van der Waals surface area contributed by atoms with Crippen molar-refractivity contribution < 1.29 is 52.5 Å². The van der Waals surface area contributed by atoms with Crippen LogP contribution in [-0.2, 0) is 44.5 Å². The number of carbonyl (C=O) groups is 4. The van der Waals surface area contributed by atoms with Crippen LogP contribution < -0.4 is 10.7 Å². The number of methoxy groups -OCH3 is 1. The van der Waals surface area contributed by atoms with Gasteiger partial charge in [-0.3, -0.25) is 14.4 Å². The zero-order chi connectivity index (χ0) is 44.3. The molecule has 3 fully saturated rings. The van der Waals surface area contributed by atoms with Gasteiger partial charge in [0.05, 0.1) is 23.7 Å². The number of rotatable bonds is 11. The number of ketones is 1. The normalized spacial score (nSPS) is 36.0. The number of amides is 2. The minimum absolute atomic E-state index is 0.158. The number of hydrogen-bond acceptors (Lipinski definition) is 15. The Bertz CT molecular complexity index is 1820. The summed E-state index contributed by atoms with van der Waals surface area (Å²) in [6.07, 6.45) is -3.54. The van der Waals surface area contributed by atoms with Crippen molar-refractivity contribution in [2.75, 3.05) is 27.7 Å². The van der Waals surface area contributed by atoms with Gasteiger partial charge < -0.3 is 43.5 Å². The number of hydrazine groups is 1. The Morgan fingerprint density at radius 1 is 1.07 bits per heavy atom. The molecule has 3 saturated heterocycles. The van der Waals surface area contributed by atoms with Gasteiger partial charge in [0.25, 0.3) is 0 Å². The van der Waals surface area contributed by atoms with Crippen molar-refractivity contribution in [2.24, 2.45) is 17.8 Å². The summed E-state index contributed by atoms with van der Waals surface area (Å²) < 4.78 is 36.4. The second-order valence-electron chi connectivity index (χ2n) is 17.2. The summed E-state index contributed by atoms with van der Waals surface area (Å²) in [6.45, 7) is 13.9. The lowest BCUT2D eigenvalue weighted by atomic mass is 9.79. The van der Waals surface area contributed by atoms with Crippen molar-refractivity contribution in [1.29, 1.82) is 0 Å². The molecule has 17 nitrogen and oxygen atoms in total. The molecule has 13 atom stereocenters. The summed E-state index contributed by atoms with van der Waals surface area (Å²) in [5.74, 6) is -4.05. The van der Waals surface area contributed by atoms with Crippen LogP contribution in [0.2, 0.25) is 5.02 Å². The Kier molecular flexibility index (Phi) is 15.4. The quantitative estimate of drug-likeness (QED) is 0.164. The van der Waals surface area contributed by atoms with E-state index in [0.717, 1.165) is 5.56 Å². The van der Waals surface area contributed by atoms with Crippen LogP contribution in [0, 0.1) is 17.8 Å². The summed E-state index contributed by atoms with van der Waals surface area (Å²) in [5.41, 5.74) is 1.12. The third-order valence-corrected chi connectivity index (χ3v) is 12.6. The van der Waals surface area contributed by atoms with Crippen LogP contribution in [0.4, 0.5) is 4.79 Å². The molecule has 3 aliphatic rings. The maximum absolute atomic E-state index is 14.4. The van der Waals surface area contributed by atoms with Crippen molar-refractivity contribution in [2.45, 2.75) is 148 Å². The van der Waals surface area contributed by atoms with Crippen LogP contribution >= 0.6 is 11.6 Å². The van der Waals surface area contributed by atoms with E-state index in [4.69, 9.17) is 39.8 Å². The molecule has 0 aliphatic carbocycles. The number of esters is 1. The molecule has 2 amide bonds. The molecular formula is C42H63ClN6O11. The third kappa shape index (κ3) is 10.1. The molecule has 18 heteroatoms. The van der Waals surface area contributed by atoms with E-state index in [1.54, 1.807) is 58.9 Å². The van der Waals surface area contributed by atoms with Crippen LogP contribution in [0.1, 0.15) is 87.0 Å². The molecule has 1 unspecified atom stereocenters. The summed E-state index contributed by atoms with van der Waals surface area (Å²) >= 11 is 6.01. The maximum Gasteiger partial charge on any atom is 0.425 e. The highest BCUT2D eigenvalue weighted by atomic mass is 35.5. The summed E-state index contributed by atoms with van der Waals surface area (Å²) in [5, 5.41) is 20.4. The summed E-state index contributed by atoms with van der Waals surface area (Å²) in [7, 11) is 5.21. The van der Waals surface area contributed by atoms with E-state index in [1.165, 1.54) is 19.0 Å². The van der Waals surface area contributed by atoms with E-state index in [-0.39, 0.29) is 31.5 Å². The summed E-state index contributed by atoms with van der Waals surface area (Å²) in [6, 6.07) is 5.26. The second kappa shape index (κ2) is 19.6. The first-order valence-corrected chi connectivity index (χ1v) is 21.2. The van der Waals surface area contributed by atoms with E-state index in [9.17, 15) is 24.3 Å². The van der Waals surface area contributed by atoms with Gasteiger partial charge in [0.1, 0.15) is 24.2 Å². The SMILES string of the molecule is CC[C@H]1OC(=O)[C@H](C)C(=O)[C@H](C)[C@@H](O[C@@H]2O[C@H](C)C[C@H](N(C)C)[C@H]2O)[C@@](C)(OC)C[C@@H](C)NC(=O)C(C)[C@H]2N(NCCCc3nc(-c4ccc(Cl)cc4)no3)C(=O)O[C@]12C. The average molecular weight is 863 g/mol. The fourth-order valence-corrected chi connectivity index (χ4v) is 9.03. The molecule has 60 heavy (non-hydrogen) atoms. The Morgan fingerprint density at radius 2 is 1.75 bits per heavy atom. The summed E-state index contributed by atoms with van der Waals surface area (Å²) in [4.78, 5) is 62.8. The van der Waals surface area contributed by atoms with Crippen LogP contribution in [-0.4, -0.2) is 137 Å². The van der Waals surface area contributed by atoms with E-state index >= 15 is 0 Å². The third-order valence-electron chi connectivity index (χ3n) is 12.4. The molecule has 1 aromatic carbocycles. The molecule has 2 aromatic rings. The highest BCUT2D eigenvalue weighted by molar-refractivity contribution is 6.30. The first-order valence-electron chi connectivity index (χ1n) is 20.8. The van der Waals surface area contributed by atoms with Crippen molar-refractivity contribution in [3.8, 4) is 11.4 Å². The van der Waals surface area contributed by atoms with E-state index in [2.05, 4.69) is 20.9 Å². The van der Waals surface area contributed by atoms with E-state index in [1.807, 2.05) is 32.8 Å². The lowest BCUT2D eigenvalue weighted by molar-refractivity contribution is -0.295. The molecule has 3 aliphatic heterocycles. The number of aliphatic hydroxyl groups excluding tert-OH is 1. The van der Waals surface area contributed by atoms with Gasteiger partial charge in [-0.05, 0) is 98.7 Å². The lowest BCUT2D eigenvalue weighted by Gasteiger charge is -2.46. The number of aliphatic hydroxyl groups is 1. The van der Waals surface area contributed by atoms with E-state index < -0.39 is 89.4 Å². The van der Waals surface area contributed by atoms with E-state index in [0.29, 0.717) is 36.0 Å². The average Bonchev–Trinajstić information content (AvgIpc) is 3.78. The Labute approximate surface area is 357 Å². The number of fused-ring (bicyclic) bond motifs is 1. The molecule has 0 radical (unpaired) electrons. The monoisotopic (exact) mass is 862 g/mol. The van der Waals surface area contributed by atoms with Crippen LogP contribution in [0.25, 0.3) is 11.4 Å². The zero-order valence-corrected chi connectivity index (χ0v) is 37.4. The number of cyclic esters (lactones) is 1. The van der Waals surface area contributed by atoms with Gasteiger partial charge in [-0.1, -0.05) is 37.5 Å². The highest BCUT2D eigenvalue weighted by Crippen LogP contribution is 2.40. The molecule has 0 bridgehead atoms. The number of likely N-dealkylation sites (N-methyl/N-ethyl adjacent to an activating group) is 1. The molecule has 1 aromatic heterocycles. The van der Waals surface area contributed by atoms with Crippen molar-refractivity contribution in [1.82, 2.24) is 30.8 Å². The standard InChI is InChI=1S/C42H63ClN6O11/c1-12-30-42(8)34(49(40(54)59-42)44-19-13-14-31-46-36(47-60-31)27-15-17-28(43)18-16-27)26(6)37(52)45-22(2)21-41(7,55-11)35(24(4)32(50)25(5)38(53)57-30)58-39-33(51)29(48(9)10)20-23(3)56-39/h15-18,22-26,29-30,33-35,39,44,51H,12-14,19-21H2,1-11H3,(H,45,52)/t22-,23-,24+,25-,26?,29+,30-,33-,34-,35-,39+,41+,42-/m1/s1. The van der Waals surface area contributed by atoms with Gasteiger partial charge >= 0.3 is 12.1 Å². The number of hydrogen-bond donors (Lipinski definition) is 3. The number of carbonyl (C=O) groups excluding carboxylic acids is 4. The van der Waals surface area contributed by atoms with Crippen LogP contribution in [0.15, 0.2) is 28.8 Å². The predicted molar refractivity (Wildman–Crippen MR) is 219 cm³/mol. The second-order valence-corrected chi connectivity index (χ2v) is 17.6. The molecule has 3 N–H and O–H groups in total. The number of ether oxygens (including phenoxy) is 5. The van der Waals surface area contributed by atoms with Gasteiger partial charge in [0.2, 0.25) is 17.6 Å². The number of halogens is 1. The largest absolute Gasteiger partial charge is 0.458 e. The maximum atomic E-state index is 14.4. The van der Waals surface area contributed by atoms with Crippen molar-refractivity contribution in [3.05, 3.63) is 35.2 Å². The highest BCUT2D eigenvalue weighted by Gasteiger charge is 2.60. The molecule has 5 rings (SSSR count). The minimum Gasteiger partial charge on any atom is -0.458 e. The predicted octanol–water partition coefficient (Wildman–Crippen LogP) is 4.33. The van der Waals surface area contributed by atoms with Crippen molar-refractivity contribution >= 4 is 35.4 Å². The van der Waals surface area contributed by atoms with Crippen molar-refractivity contribution in [3.63, 3.8) is 0 Å². The Morgan fingerprint density at radius 3 is 2.38 bits per heavy atom. The van der Waals surface area contributed by atoms with Crippen LogP contribution in [0.5, 0.6) is 0 Å². The van der Waals surface area contributed by atoms with Gasteiger partial charge in [-0.25, -0.2) is 15.2 Å². The van der Waals surface area contributed by atoms with Gasteiger partial charge in [0.15, 0.2) is 17.7 Å². The molecular weight excluding hydrogens is 800 g/mol. The fourth-order valence-electron chi connectivity index (χ4n) is 8.91. The van der Waals surface area contributed by atoms with Gasteiger partial charge in [-0.15, -0.1) is 0 Å². The molecule has 0 saturated carbocycles. The van der Waals surface area contributed by atoms with Gasteiger partial charge in [0, 0.05) is 48.7 Å². The smallest absolute Gasteiger partial charge is 0.425 e. The Balaban J connectivity index is 1.40. The fraction of sp³-hybridized carbons (Fsp3) is 0.714. The molecule has 4 heterocycles. The number of Topliss-reactive ketones (excluding diaryl/α,β-unsaturated/α-hetero) is 1. The number of benzene rings is 1. The van der Waals surface area contributed by atoms with Crippen LogP contribution in [0.3, 0.4) is 0 Å². The minimum atomic E-state index is -1.52. The topological polar surface area (TPSA) is 204 Å².